The van der Waals surface area contributed by atoms with Crippen LogP contribution in [0.4, 0.5) is 10.1 Å². The number of hydrogen-bond acceptors (Lipinski definition) is 9. The molecule has 344 valence electrons. The molecule has 5 fully saturated rings. The van der Waals surface area contributed by atoms with Gasteiger partial charge in [0.15, 0.2) is 11.0 Å². The molecule has 1 unspecified atom stereocenters. The van der Waals surface area contributed by atoms with E-state index >= 15 is 4.39 Å². The summed E-state index contributed by atoms with van der Waals surface area (Å²) in [7, 11) is 1.72. The molecule has 17 heteroatoms. The molecule has 7 heterocycles. The van der Waals surface area contributed by atoms with Gasteiger partial charge >= 0.3 is 5.69 Å². The number of imidazole rings is 1. The highest BCUT2D eigenvalue weighted by atomic mass is 35.5. The summed E-state index contributed by atoms with van der Waals surface area (Å²) in [6.45, 7) is 7.29. The molecule has 1 aliphatic carbocycles. The van der Waals surface area contributed by atoms with E-state index in [1.165, 1.54) is 10.8 Å². The van der Waals surface area contributed by atoms with Crippen LogP contribution in [0, 0.1) is 11.2 Å². The van der Waals surface area contributed by atoms with Crippen molar-refractivity contribution in [2.75, 3.05) is 31.6 Å². The summed E-state index contributed by atoms with van der Waals surface area (Å²) in [5, 5.41) is 12.6. The molecule has 1 saturated carbocycles. The molecule has 0 radical (unpaired) electrons. The zero-order valence-corrected chi connectivity index (χ0v) is 38.4. The highest BCUT2D eigenvalue weighted by Gasteiger charge is 2.73. The van der Waals surface area contributed by atoms with Crippen molar-refractivity contribution < 1.29 is 28.3 Å². The van der Waals surface area contributed by atoms with Gasteiger partial charge in [-0.3, -0.25) is 38.9 Å². The van der Waals surface area contributed by atoms with Crippen LogP contribution in [0.3, 0.4) is 0 Å². The molecule has 0 bridgehead atoms. The fourth-order valence-electron chi connectivity index (χ4n) is 12.3. The second-order valence-corrected chi connectivity index (χ2v) is 20.8. The SMILES string of the molecule is Cn1c(=O)n(C2CCC(=O)NC2=O)c2ccc(C3CCN(C[C@@H]4CC[C@@H](NC(=O)[C@@H]5NC6(CCC(C)(C)CC6)[C@@]6(C(=O)Nc7cc(Cl)ccc76)[C@H]5c5ccnc(Cl)c5F)CO4)CC3)cc21. The lowest BCUT2D eigenvalue weighted by Gasteiger charge is -2.50. The number of anilines is 1. The van der Waals surface area contributed by atoms with E-state index in [-0.39, 0.29) is 58.1 Å². The van der Waals surface area contributed by atoms with Gasteiger partial charge in [-0.05, 0) is 129 Å². The number of pyridine rings is 1. The lowest BCUT2D eigenvalue weighted by Crippen LogP contribution is -2.61. The third-order valence-electron chi connectivity index (χ3n) is 15.8. The highest BCUT2D eigenvalue weighted by molar-refractivity contribution is 6.31. The van der Waals surface area contributed by atoms with Crippen LogP contribution in [0.5, 0.6) is 0 Å². The number of piperidine rings is 2. The first-order valence-electron chi connectivity index (χ1n) is 23.0. The molecule has 14 nitrogen and oxygen atoms in total. The lowest BCUT2D eigenvalue weighted by atomic mass is 9.53. The monoisotopic (exact) mass is 928 g/mol. The van der Waals surface area contributed by atoms with Crippen LogP contribution in [0.2, 0.25) is 10.2 Å². The fourth-order valence-corrected chi connectivity index (χ4v) is 12.6. The molecule has 4 aromatic rings. The summed E-state index contributed by atoms with van der Waals surface area (Å²) in [6, 6.07) is 10.9. The van der Waals surface area contributed by atoms with Crippen molar-refractivity contribution in [1.29, 1.82) is 0 Å². The number of aryl methyl sites for hydroxylation is 1. The minimum atomic E-state index is -1.35. The number of nitrogens with one attached hydrogen (secondary N) is 4. The normalized spacial score (nSPS) is 29.0. The summed E-state index contributed by atoms with van der Waals surface area (Å²) in [5.74, 6) is -2.78. The number of likely N-dealkylation sites (tertiary alicyclic amines) is 1. The number of carbonyl (C=O) groups excluding carboxylic acids is 4. The second-order valence-electron chi connectivity index (χ2n) is 20.0. The number of fused-ring (bicyclic) bond motifs is 4. The molecule has 2 spiro atoms. The maximum atomic E-state index is 16.4. The molecule has 6 aliphatic rings. The van der Waals surface area contributed by atoms with Gasteiger partial charge in [0.2, 0.25) is 23.6 Å². The van der Waals surface area contributed by atoms with Gasteiger partial charge in [0.05, 0.1) is 35.8 Å². The maximum Gasteiger partial charge on any atom is 0.329 e. The van der Waals surface area contributed by atoms with Gasteiger partial charge in [0.25, 0.3) is 0 Å². The zero-order valence-electron chi connectivity index (χ0n) is 36.9. The number of rotatable bonds is 7. The molecular formula is C48H55Cl2FN8O6. The number of nitrogens with zero attached hydrogens (tertiary/aromatic N) is 4. The second kappa shape index (κ2) is 16.6. The van der Waals surface area contributed by atoms with E-state index in [0.717, 1.165) is 62.8 Å². The molecular weight excluding hydrogens is 874 g/mol. The number of halogens is 3. The van der Waals surface area contributed by atoms with Crippen LogP contribution >= 0.6 is 23.2 Å². The number of imide groups is 1. The predicted molar refractivity (Wildman–Crippen MR) is 244 cm³/mol. The number of ether oxygens (including phenoxy) is 1. The summed E-state index contributed by atoms with van der Waals surface area (Å²) < 4.78 is 25.9. The van der Waals surface area contributed by atoms with Crippen molar-refractivity contribution in [2.24, 2.45) is 12.5 Å². The summed E-state index contributed by atoms with van der Waals surface area (Å²) >= 11 is 12.8. The van der Waals surface area contributed by atoms with Crippen LogP contribution in [0.15, 0.2) is 53.5 Å². The van der Waals surface area contributed by atoms with Crippen LogP contribution < -0.4 is 27.0 Å². The van der Waals surface area contributed by atoms with Gasteiger partial charge in [-0.15, -0.1) is 0 Å². The summed E-state index contributed by atoms with van der Waals surface area (Å²) in [4.78, 5) is 73.8. The summed E-state index contributed by atoms with van der Waals surface area (Å²) in [6.07, 6.45) is 8.02. The number of aromatic nitrogens is 3. The highest BCUT2D eigenvalue weighted by Crippen LogP contribution is 2.64. The minimum absolute atomic E-state index is 0.00863. The van der Waals surface area contributed by atoms with E-state index in [1.54, 1.807) is 29.8 Å². The summed E-state index contributed by atoms with van der Waals surface area (Å²) in [5.41, 5.74) is 1.53. The molecule has 6 atom stereocenters. The predicted octanol–water partition coefficient (Wildman–Crippen LogP) is 5.99. The molecule has 5 aliphatic heterocycles. The Morgan fingerprint density at radius 3 is 2.43 bits per heavy atom. The van der Waals surface area contributed by atoms with E-state index in [4.69, 9.17) is 27.9 Å². The molecule has 4 amide bonds. The van der Waals surface area contributed by atoms with E-state index in [2.05, 4.69) is 57.1 Å². The van der Waals surface area contributed by atoms with Gasteiger partial charge in [-0.1, -0.05) is 49.2 Å². The third kappa shape index (κ3) is 7.40. The smallest absolute Gasteiger partial charge is 0.329 e. The first-order valence-corrected chi connectivity index (χ1v) is 23.7. The Balaban J connectivity index is 0.811. The Kier molecular flexibility index (Phi) is 11.3. The van der Waals surface area contributed by atoms with Crippen molar-refractivity contribution in [3.8, 4) is 0 Å². The average molecular weight is 930 g/mol. The Morgan fingerprint density at radius 1 is 0.938 bits per heavy atom. The Labute approximate surface area is 386 Å². The van der Waals surface area contributed by atoms with Crippen molar-refractivity contribution in [3.05, 3.63) is 91.8 Å². The lowest BCUT2D eigenvalue weighted by molar-refractivity contribution is -0.136. The zero-order chi connectivity index (χ0) is 45.6. The Bertz CT molecular complexity index is 2660. The molecule has 4 N–H and O–H groups in total. The fraction of sp³-hybridized carbons (Fsp3) is 0.542. The number of carbonyl (C=O) groups is 4. The molecule has 2 aromatic carbocycles. The Morgan fingerprint density at radius 2 is 1.71 bits per heavy atom. The van der Waals surface area contributed by atoms with Crippen LogP contribution in [-0.4, -0.2) is 92.6 Å². The average Bonchev–Trinajstić information content (AvgIpc) is 3.84. The van der Waals surface area contributed by atoms with Gasteiger partial charge in [0, 0.05) is 48.4 Å². The molecule has 4 saturated heterocycles. The van der Waals surface area contributed by atoms with Crippen LogP contribution in [0.25, 0.3) is 11.0 Å². The van der Waals surface area contributed by atoms with Crippen molar-refractivity contribution >= 4 is 63.6 Å². The largest absolute Gasteiger partial charge is 0.375 e. The third-order valence-corrected chi connectivity index (χ3v) is 16.3. The number of benzene rings is 2. The molecule has 10 rings (SSSR count). The van der Waals surface area contributed by atoms with Gasteiger partial charge in [-0.2, -0.15) is 0 Å². The minimum Gasteiger partial charge on any atom is -0.375 e. The first kappa shape index (κ1) is 44.2. The molecule has 2 aromatic heterocycles. The first-order chi connectivity index (χ1) is 31.1. The quantitative estimate of drug-likeness (QED) is 0.129. The van der Waals surface area contributed by atoms with Gasteiger partial charge < -0.3 is 20.3 Å². The van der Waals surface area contributed by atoms with E-state index in [0.29, 0.717) is 60.0 Å². The maximum absolute atomic E-state index is 16.4. The number of hydrogen-bond donors (Lipinski definition) is 4. The Hall–Kier alpha value is -4.67. The van der Waals surface area contributed by atoms with Crippen molar-refractivity contribution in [3.63, 3.8) is 0 Å². The van der Waals surface area contributed by atoms with Crippen molar-refractivity contribution in [1.82, 2.24) is 35.0 Å². The van der Waals surface area contributed by atoms with Crippen LogP contribution in [0.1, 0.15) is 113 Å². The van der Waals surface area contributed by atoms with E-state index < -0.39 is 40.7 Å². The van der Waals surface area contributed by atoms with Gasteiger partial charge in [0.1, 0.15) is 11.5 Å². The topological polar surface area (TPSA) is 169 Å². The standard InChI is InChI=1S/C48H55Cl2FN8O6/c1-46(2)15-17-47(18-16-46)48(32-8-5-28(49)23-33(32)54-44(48)63)38(31-12-19-52-41(50)39(31)51)40(56-47)43(62)53-29-6-7-30(65-25-29)24-58-20-13-26(14-21-58)27-4-9-34-36(22-27)57(3)45(64)59(34)35-10-11-37(60)55-42(35)61/h4-5,8-9,12,19,22-23,26,29-30,35,38,40,56H,6-7,10-11,13-18,20-21,24-25H2,1-3H3,(H,53,62)(H,54,63)(H,55,60,61)/t29-,30+,35?,38+,40-,48-/m1/s1. The van der Waals surface area contributed by atoms with E-state index in [1.807, 2.05) is 12.1 Å². The van der Waals surface area contributed by atoms with Crippen molar-refractivity contribution in [2.45, 2.75) is 125 Å². The van der Waals surface area contributed by atoms with Gasteiger partial charge in [-0.25, -0.2) is 14.2 Å². The van der Waals surface area contributed by atoms with Crippen LogP contribution in [-0.2, 0) is 36.4 Å². The molecule has 65 heavy (non-hydrogen) atoms. The van der Waals surface area contributed by atoms with E-state index in [9.17, 15) is 24.0 Å². The number of amides is 4.